The van der Waals surface area contributed by atoms with Gasteiger partial charge in [0.05, 0.1) is 12.5 Å². The monoisotopic (exact) mass is 316 g/mol. The highest BCUT2D eigenvalue weighted by atomic mass is 16.5. The lowest BCUT2D eigenvalue weighted by molar-refractivity contribution is -0.149. The Bertz CT molecular complexity index is 535. The number of hydrogen-bond donors (Lipinski definition) is 1. The lowest BCUT2D eigenvalue weighted by atomic mass is 9.84. The predicted octanol–water partition coefficient (Wildman–Crippen LogP) is 3.34. The van der Waals surface area contributed by atoms with Gasteiger partial charge in [-0.05, 0) is 67.6 Å². The molecule has 2 fully saturated rings. The number of carbonyl (C=O) groups is 1. The molecule has 0 amide bonds. The number of rotatable bonds is 6. The van der Waals surface area contributed by atoms with Crippen molar-refractivity contribution in [3.8, 4) is 0 Å². The molecule has 3 nitrogen and oxygen atoms in total. The van der Waals surface area contributed by atoms with E-state index in [-0.39, 0.29) is 18.5 Å². The summed E-state index contributed by atoms with van der Waals surface area (Å²) >= 11 is 0. The summed E-state index contributed by atoms with van der Waals surface area (Å²) in [5.74, 6) is 3.38. The zero-order valence-electron chi connectivity index (χ0n) is 14.0. The normalized spacial score (nSPS) is 41.4. The molecule has 3 heteroatoms. The zero-order valence-corrected chi connectivity index (χ0v) is 14.0. The molecule has 0 heterocycles. The molecule has 7 atom stereocenters. The average molecular weight is 316 g/mol. The van der Waals surface area contributed by atoms with E-state index >= 15 is 0 Å². The molecule has 4 aliphatic rings. The summed E-state index contributed by atoms with van der Waals surface area (Å²) in [7, 11) is 0. The molecule has 4 bridgehead atoms. The fraction of sp³-hybridized carbons (Fsp3) is 0.750. The van der Waals surface area contributed by atoms with Crippen LogP contribution >= 0.6 is 0 Å². The second kappa shape index (κ2) is 6.08. The SMILES string of the molecule is CC(CC1=CC2CC(CO)C1C2)C(=O)OCC1CC2C=CC1C2. The van der Waals surface area contributed by atoms with Gasteiger partial charge in [0.25, 0.3) is 0 Å². The van der Waals surface area contributed by atoms with E-state index < -0.39 is 0 Å². The summed E-state index contributed by atoms with van der Waals surface area (Å²) in [6.07, 6.45) is 12.6. The summed E-state index contributed by atoms with van der Waals surface area (Å²) in [5, 5.41) is 9.48. The van der Waals surface area contributed by atoms with Crippen molar-refractivity contribution in [3.63, 3.8) is 0 Å². The summed E-state index contributed by atoms with van der Waals surface area (Å²) < 4.78 is 5.63. The number of esters is 1. The first-order valence-corrected chi connectivity index (χ1v) is 9.30. The molecule has 0 aliphatic heterocycles. The lowest BCUT2D eigenvalue weighted by Gasteiger charge is -2.24. The smallest absolute Gasteiger partial charge is 0.308 e. The van der Waals surface area contributed by atoms with Crippen molar-refractivity contribution in [2.75, 3.05) is 13.2 Å². The van der Waals surface area contributed by atoms with Gasteiger partial charge in [-0.1, -0.05) is 30.7 Å². The van der Waals surface area contributed by atoms with E-state index in [9.17, 15) is 9.90 Å². The standard InChI is InChI=1S/C20H28O3/c1-12(4-16-7-14-8-17(10-21)19(16)9-14)20(22)23-11-18-6-13-2-3-15(18)5-13/h2-3,7,12-15,17-19,21H,4-6,8-11H2,1H3. The van der Waals surface area contributed by atoms with Crippen LogP contribution in [0, 0.1) is 41.4 Å². The molecule has 0 aromatic heterocycles. The largest absolute Gasteiger partial charge is 0.465 e. The van der Waals surface area contributed by atoms with Crippen LogP contribution in [0.1, 0.15) is 39.0 Å². The van der Waals surface area contributed by atoms with Crippen molar-refractivity contribution in [1.29, 1.82) is 0 Å². The Kier molecular flexibility index (Phi) is 4.08. The minimum Gasteiger partial charge on any atom is -0.465 e. The highest BCUT2D eigenvalue weighted by Crippen LogP contribution is 2.49. The minimum atomic E-state index is -0.0610. The molecule has 0 aromatic carbocycles. The van der Waals surface area contributed by atoms with Crippen molar-refractivity contribution in [2.24, 2.45) is 41.4 Å². The highest BCUT2D eigenvalue weighted by Gasteiger charge is 2.41. The van der Waals surface area contributed by atoms with Crippen molar-refractivity contribution in [1.82, 2.24) is 0 Å². The van der Waals surface area contributed by atoms with Crippen molar-refractivity contribution in [2.45, 2.75) is 39.0 Å². The van der Waals surface area contributed by atoms with Crippen LogP contribution in [0.4, 0.5) is 0 Å². The molecular formula is C20H28O3. The van der Waals surface area contributed by atoms with Crippen LogP contribution in [0.5, 0.6) is 0 Å². The lowest BCUT2D eigenvalue weighted by Crippen LogP contribution is -2.23. The van der Waals surface area contributed by atoms with Gasteiger partial charge in [0.1, 0.15) is 0 Å². The maximum atomic E-state index is 12.3. The van der Waals surface area contributed by atoms with Gasteiger partial charge in [0.2, 0.25) is 0 Å². The molecular weight excluding hydrogens is 288 g/mol. The fourth-order valence-corrected chi connectivity index (χ4v) is 5.46. The van der Waals surface area contributed by atoms with E-state index in [0.717, 1.165) is 18.8 Å². The minimum absolute atomic E-state index is 0.0408. The molecule has 126 valence electrons. The summed E-state index contributed by atoms with van der Waals surface area (Å²) in [6.45, 7) is 2.87. The topological polar surface area (TPSA) is 46.5 Å². The van der Waals surface area contributed by atoms with Crippen molar-refractivity contribution in [3.05, 3.63) is 23.8 Å². The second-order valence-electron chi connectivity index (χ2n) is 8.30. The Balaban J connectivity index is 1.26. The van der Waals surface area contributed by atoms with Gasteiger partial charge in [0.15, 0.2) is 0 Å². The van der Waals surface area contributed by atoms with Gasteiger partial charge >= 0.3 is 5.97 Å². The number of carbonyl (C=O) groups excluding carboxylic acids is 1. The van der Waals surface area contributed by atoms with E-state index in [1.54, 1.807) is 0 Å². The third-order valence-corrected chi connectivity index (χ3v) is 6.69. The quantitative estimate of drug-likeness (QED) is 0.604. The maximum absolute atomic E-state index is 12.3. The first kappa shape index (κ1) is 15.4. The third kappa shape index (κ3) is 2.88. The summed E-state index contributed by atoms with van der Waals surface area (Å²) in [5.41, 5.74) is 1.40. The average Bonchev–Trinajstić information content (AvgIpc) is 3.31. The fourth-order valence-electron chi connectivity index (χ4n) is 5.46. The van der Waals surface area contributed by atoms with E-state index in [1.807, 2.05) is 6.92 Å². The number of aliphatic hydroxyl groups is 1. The van der Waals surface area contributed by atoms with Gasteiger partial charge < -0.3 is 9.84 Å². The molecule has 7 unspecified atom stereocenters. The van der Waals surface area contributed by atoms with E-state index in [0.29, 0.717) is 36.2 Å². The number of hydrogen-bond acceptors (Lipinski definition) is 3. The van der Waals surface area contributed by atoms with Gasteiger partial charge in [-0.15, -0.1) is 0 Å². The zero-order chi connectivity index (χ0) is 16.0. The Labute approximate surface area is 138 Å². The number of fused-ring (bicyclic) bond motifs is 4. The number of ether oxygens (including phenoxy) is 1. The Morgan fingerprint density at radius 2 is 2.04 bits per heavy atom. The highest BCUT2D eigenvalue weighted by molar-refractivity contribution is 5.72. The summed E-state index contributed by atoms with van der Waals surface area (Å²) in [6, 6.07) is 0. The Morgan fingerprint density at radius 3 is 2.70 bits per heavy atom. The molecule has 23 heavy (non-hydrogen) atoms. The Hall–Kier alpha value is -1.09. The number of aliphatic hydroxyl groups excluding tert-OH is 1. The maximum Gasteiger partial charge on any atom is 0.308 e. The van der Waals surface area contributed by atoms with Crippen LogP contribution in [0.2, 0.25) is 0 Å². The van der Waals surface area contributed by atoms with Crippen LogP contribution in [0.3, 0.4) is 0 Å². The molecule has 0 radical (unpaired) electrons. The van der Waals surface area contributed by atoms with Gasteiger partial charge in [-0.3, -0.25) is 4.79 Å². The number of allylic oxidation sites excluding steroid dienone is 4. The molecule has 0 aromatic rings. The third-order valence-electron chi connectivity index (χ3n) is 6.69. The van der Waals surface area contributed by atoms with Crippen LogP contribution in [-0.4, -0.2) is 24.3 Å². The van der Waals surface area contributed by atoms with Crippen LogP contribution < -0.4 is 0 Å². The van der Waals surface area contributed by atoms with Gasteiger partial charge in [0, 0.05) is 6.61 Å². The second-order valence-corrected chi connectivity index (χ2v) is 8.30. The molecule has 0 spiro atoms. The van der Waals surface area contributed by atoms with Gasteiger partial charge in [-0.2, -0.15) is 0 Å². The first-order valence-electron chi connectivity index (χ1n) is 9.30. The Morgan fingerprint density at radius 1 is 1.22 bits per heavy atom. The molecule has 0 saturated heterocycles. The van der Waals surface area contributed by atoms with Crippen molar-refractivity contribution >= 4 is 5.97 Å². The molecule has 4 aliphatic carbocycles. The molecule has 1 N–H and O–H groups in total. The van der Waals surface area contributed by atoms with Gasteiger partial charge in [-0.25, -0.2) is 0 Å². The van der Waals surface area contributed by atoms with E-state index in [1.165, 1.54) is 24.8 Å². The molecule has 4 rings (SSSR count). The van der Waals surface area contributed by atoms with E-state index in [4.69, 9.17) is 4.74 Å². The molecule has 2 saturated carbocycles. The summed E-state index contributed by atoms with van der Waals surface area (Å²) in [4.78, 5) is 12.3. The predicted molar refractivity (Wildman–Crippen MR) is 88.5 cm³/mol. The van der Waals surface area contributed by atoms with Crippen molar-refractivity contribution < 1.29 is 14.6 Å². The van der Waals surface area contributed by atoms with Crippen LogP contribution in [-0.2, 0) is 9.53 Å². The van der Waals surface area contributed by atoms with Crippen LogP contribution in [0.15, 0.2) is 23.8 Å². The van der Waals surface area contributed by atoms with E-state index in [2.05, 4.69) is 18.2 Å². The van der Waals surface area contributed by atoms with Crippen LogP contribution in [0.25, 0.3) is 0 Å². The first-order chi connectivity index (χ1) is 11.1.